The minimum Gasteiger partial charge on any atom is -0.439 e. The molecule has 0 spiro atoms. The molecule has 90 valence electrons. The molecule has 1 aromatic heterocycles. The average molecular weight is 249 g/mol. The van der Waals surface area contributed by atoms with Crippen LogP contribution in [0.2, 0.25) is 0 Å². The van der Waals surface area contributed by atoms with E-state index in [0.29, 0.717) is 5.22 Å². The van der Waals surface area contributed by atoms with Crippen LogP contribution in [0.4, 0.5) is 0 Å². The van der Waals surface area contributed by atoms with Crippen LogP contribution in [0.15, 0.2) is 45.1 Å². The van der Waals surface area contributed by atoms with Crippen LogP contribution < -0.4 is 0 Å². The summed E-state index contributed by atoms with van der Waals surface area (Å²) in [5.74, 6) is 0. The molecule has 0 saturated carbocycles. The Kier molecular flexibility index (Phi) is 3.86. The second-order valence-corrected chi connectivity index (χ2v) is 4.87. The molecule has 0 amide bonds. The Hall–Kier alpha value is -1.26. The highest BCUT2D eigenvalue weighted by Crippen LogP contribution is 2.28. The zero-order valence-corrected chi connectivity index (χ0v) is 10.7. The molecule has 0 aliphatic rings. The molecule has 4 heteroatoms. The largest absolute Gasteiger partial charge is 0.439 e. The summed E-state index contributed by atoms with van der Waals surface area (Å²) in [6, 6.07) is 7.81. The fourth-order valence-electron chi connectivity index (χ4n) is 1.47. The van der Waals surface area contributed by atoms with Gasteiger partial charge in [0, 0.05) is 4.90 Å². The van der Waals surface area contributed by atoms with Crippen molar-refractivity contribution < 1.29 is 9.52 Å². The van der Waals surface area contributed by atoms with Gasteiger partial charge in [-0.1, -0.05) is 19.1 Å². The van der Waals surface area contributed by atoms with Gasteiger partial charge in [-0.3, -0.25) is 0 Å². The van der Waals surface area contributed by atoms with Gasteiger partial charge in [-0.05, 0) is 42.8 Å². The third-order valence-electron chi connectivity index (χ3n) is 2.45. The Labute approximate surface area is 105 Å². The molecule has 0 bridgehead atoms. The summed E-state index contributed by atoms with van der Waals surface area (Å²) >= 11 is 1.48. The molecular formula is C13H15NO2S. The van der Waals surface area contributed by atoms with Crippen molar-refractivity contribution in [3.63, 3.8) is 0 Å². The van der Waals surface area contributed by atoms with Crippen molar-refractivity contribution in [2.75, 3.05) is 0 Å². The molecule has 0 aliphatic carbocycles. The number of nitrogens with zero attached hydrogens (tertiary/aromatic N) is 1. The minimum absolute atomic E-state index is 0.377. The van der Waals surface area contributed by atoms with Crippen molar-refractivity contribution in [3.8, 4) is 0 Å². The Balaban J connectivity index is 2.08. The first kappa shape index (κ1) is 12.2. The van der Waals surface area contributed by atoms with Crippen LogP contribution in [0.5, 0.6) is 0 Å². The van der Waals surface area contributed by atoms with Gasteiger partial charge in [-0.15, -0.1) is 0 Å². The topological polar surface area (TPSA) is 46.3 Å². The highest BCUT2D eigenvalue weighted by atomic mass is 32.2. The van der Waals surface area contributed by atoms with E-state index in [0.717, 1.165) is 22.6 Å². The fraction of sp³-hybridized carbons (Fsp3) is 0.308. The van der Waals surface area contributed by atoms with Gasteiger partial charge >= 0.3 is 0 Å². The third kappa shape index (κ3) is 3.11. The van der Waals surface area contributed by atoms with Crippen molar-refractivity contribution in [2.45, 2.75) is 36.5 Å². The molecule has 17 heavy (non-hydrogen) atoms. The normalized spacial score (nSPS) is 12.6. The number of oxazole rings is 1. The summed E-state index contributed by atoms with van der Waals surface area (Å²) in [6.07, 6.45) is 1.99. The van der Waals surface area contributed by atoms with Crippen molar-refractivity contribution >= 4 is 11.8 Å². The Morgan fingerprint density at radius 1 is 1.35 bits per heavy atom. The Morgan fingerprint density at radius 3 is 2.59 bits per heavy atom. The molecule has 3 nitrogen and oxygen atoms in total. The lowest BCUT2D eigenvalue weighted by molar-refractivity contribution is 0.173. The average Bonchev–Trinajstić information content (AvgIpc) is 2.75. The Morgan fingerprint density at radius 2 is 2.06 bits per heavy atom. The number of hydrogen-bond acceptors (Lipinski definition) is 4. The number of aryl methyl sites for hydroxylation is 1. The molecule has 0 radical (unpaired) electrons. The van der Waals surface area contributed by atoms with Gasteiger partial charge in [0.15, 0.2) is 0 Å². The standard InChI is InChI=1S/C13H15NO2S/c1-3-12(15)10-4-6-11(7-5-10)17-13-14-9(2)8-16-13/h4-8,12,15H,3H2,1-2H3. The maximum atomic E-state index is 9.68. The van der Waals surface area contributed by atoms with Crippen LogP contribution in [0.1, 0.15) is 30.7 Å². The van der Waals surface area contributed by atoms with E-state index in [4.69, 9.17) is 4.42 Å². The van der Waals surface area contributed by atoms with Crippen LogP contribution in [-0.4, -0.2) is 10.1 Å². The van der Waals surface area contributed by atoms with Crippen molar-refractivity contribution in [1.29, 1.82) is 0 Å². The second-order valence-electron chi connectivity index (χ2n) is 3.85. The number of aliphatic hydroxyl groups is 1. The number of aliphatic hydroxyl groups excluding tert-OH is 1. The first-order valence-corrected chi connectivity index (χ1v) is 6.38. The SMILES string of the molecule is CCC(O)c1ccc(Sc2nc(C)co2)cc1. The third-order valence-corrected chi connectivity index (χ3v) is 3.32. The fourth-order valence-corrected chi connectivity index (χ4v) is 2.23. The van der Waals surface area contributed by atoms with Gasteiger partial charge in [-0.25, -0.2) is 4.98 Å². The lowest BCUT2D eigenvalue weighted by Gasteiger charge is -2.07. The molecular weight excluding hydrogens is 234 g/mol. The van der Waals surface area contributed by atoms with Crippen molar-refractivity contribution in [2.24, 2.45) is 0 Å². The Bertz CT molecular complexity index is 478. The first-order chi connectivity index (χ1) is 8.19. The minimum atomic E-state index is -0.377. The molecule has 1 atom stereocenters. The molecule has 2 aromatic rings. The van der Waals surface area contributed by atoms with E-state index in [1.807, 2.05) is 38.1 Å². The summed E-state index contributed by atoms with van der Waals surface area (Å²) in [5, 5.41) is 10.3. The molecule has 1 N–H and O–H groups in total. The summed E-state index contributed by atoms with van der Waals surface area (Å²) in [6.45, 7) is 3.86. The quantitative estimate of drug-likeness (QED) is 0.899. The van der Waals surface area contributed by atoms with Crippen LogP contribution in [0.25, 0.3) is 0 Å². The van der Waals surface area contributed by atoms with Gasteiger partial charge in [0.2, 0.25) is 0 Å². The zero-order valence-electron chi connectivity index (χ0n) is 9.88. The predicted octanol–water partition coefficient (Wildman–Crippen LogP) is 3.58. The highest BCUT2D eigenvalue weighted by Gasteiger charge is 2.06. The zero-order chi connectivity index (χ0) is 12.3. The molecule has 1 aromatic carbocycles. The molecule has 1 heterocycles. The van der Waals surface area contributed by atoms with E-state index < -0.39 is 0 Å². The van der Waals surface area contributed by atoms with Gasteiger partial charge < -0.3 is 9.52 Å². The maximum Gasteiger partial charge on any atom is 0.260 e. The predicted molar refractivity (Wildman–Crippen MR) is 67.1 cm³/mol. The van der Waals surface area contributed by atoms with Crippen LogP contribution in [0, 0.1) is 6.92 Å². The van der Waals surface area contributed by atoms with E-state index >= 15 is 0 Å². The van der Waals surface area contributed by atoms with Gasteiger partial charge in [0.25, 0.3) is 5.22 Å². The van der Waals surface area contributed by atoms with Crippen LogP contribution >= 0.6 is 11.8 Å². The maximum absolute atomic E-state index is 9.68. The monoisotopic (exact) mass is 249 g/mol. The molecule has 0 fully saturated rings. The number of rotatable bonds is 4. The van der Waals surface area contributed by atoms with Crippen molar-refractivity contribution in [1.82, 2.24) is 4.98 Å². The van der Waals surface area contributed by atoms with Gasteiger partial charge in [0.1, 0.15) is 6.26 Å². The van der Waals surface area contributed by atoms with Crippen LogP contribution in [0.3, 0.4) is 0 Å². The van der Waals surface area contributed by atoms with Crippen LogP contribution in [-0.2, 0) is 0 Å². The number of aromatic nitrogens is 1. The second kappa shape index (κ2) is 5.38. The lowest BCUT2D eigenvalue weighted by Crippen LogP contribution is -1.93. The smallest absolute Gasteiger partial charge is 0.260 e. The number of hydrogen-bond donors (Lipinski definition) is 1. The van der Waals surface area contributed by atoms with E-state index in [2.05, 4.69) is 4.98 Å². The van der Waals surface area contributed by atoms with Crippen molar-refractivity contribution in [3.05, 3.63) is 41.8 Å². The van der Waals surface area contributed by atoms with E-state index in [-0.39, 0.29) is 6.10 Å². The highest BCUT2D eigenvalue weighted by molar-refractivity contribution is 7.99. The molecule has 0 aliphatic heterocycles. The summed E-state index contributed by atoms with van der Waals surface area (Å²) in [5.41, 5.74) is 1.82. The van der Waals surface area contributed by atoms with E-state index in [1.165, 1.54) is 11.8 Å². The summed E-state index contributed by atoms with van der Waals surface area (Å²) < 4.78 is 5.27. The summed E-state index contributed by atoms with van der Waals surface area (Å²) in [4.78, 5) is 5.28. The number of benzene rings is 1. The molecule has 2 rings (SSSR count). The molecule has 1 unspecified atom stereocenters. The first-order valence-electron chi connectivity index (χ1n) is 5.57. The van der Waals surface area contributed by atoms with E-state index in [9.17, 15) is 5.11 Å². The van der Waals surface area contributed by atoms with Gasteiger partial charge in [0.05, 0.1) is 11.8 Å². The van der Waals surface area contributed by atoms with E-state index in [1.54, 1.807) is 6.26 Å². The lowest BCUT2D eigenvalue weighted by atomic mass is 10.1. The molecule has 0 saturated heterocycles. The summed E-state index contributed by atoms with van der Waals surface area (Å²) in [7, 11) is 0. The van der Waals surface area contributed by atoms with Gasteiger partial charge in [-0.2, -0.15) is 0 Å².